The number of hydrogen-bond donors (Lipinski definition) is 2. The molecule has 1 heterocycles. The van der Waals surface area contributed by atoms with Gasteiger partial charge in [0.25, 0.3) is 15.9 Å². The first-order chi connectivity index (χ1) is 11.4. The molecule has 24 heavy (non-hydrogen) atoms. The molecule has 2 N–H and O–H groups in total. The van der Waals surface area contributed by atoms with Crippen LogP contribution in [0, 0.1) is 11.6 Å². The largest absolute Gasteiger partial charge is 0.454 e. The van der Waals surface area contributed by atoms with Gasteiger partial charge >= 0.3 is 0 Å². The topological polar surface area (TPSA) is 93.7 Å². The Kier molecular flexibility index (Phi) is 4.08. The number of hydrazine groups is 1. The third-order valence-electron chi connectivity index (χ3n) is 3.14. The van der Waals surface area contributed by atoms with E-state index in [4.69, 9.17) is 9.47 Å². The van der Waals surface area contributed by atoms with E-state index >= 15 is 0 Å². The fourth-order valence-corrected chi connectivity index (χ4v) is 2.78. The van der Waals surface area contributed by atoms with E-state index in [1.54, 1.807) is 4.83 Å². The van der Waals surface area contributed by atoms with Gasteiger partial charge < -0.3 is 9.47 Å². The van der Waals surface area contributed by atoms with Crippen LogP contribution < -0.4 is 19.7 Å². The standard InChI is InChI=1S/C14H10F2N2O5S/c15-10-3-2-9(6-11(10)16)24(20,21)18-17-14(19)8-1-4-12-13(5-8)23-7-22-12/h1-6,18H,7H2,(H,17,19). The summed E-state index contributed by atoms with van der Waals surface area (Å²) >= 11 is 0. The Bertz CT molecular complexity index is 917. The van der Waals surface area contributed by atoms with E-state index in [1.165, 1.54) is 18.2 Å². The summed E-state index contributed by atoms with van der Waals surface area (Å²) in [5.41, 5.74) is 2.09. The van der Waals surface area contributed by atoms with E-state index in [0.29, 0.717) is 23.6 Å². The Morgan fingerprint density at radius 3 is 2.50 bits per heavy atom. The highest BCUT2D eigenvalue weighted by molar-refractivity contribution is 7.89. The minimum Gasteiger partial charge on any atom is -0.454 e. The average molecular weight is 356 g/mol. The molecule has 0 radical (unpaired) electrons. The second-order valence-corrected chi connectivity index (χ2v) is 6.39. The van der Waals surface area contributed by atoms with E-state index in [0.717, 1.165) is 6.07 Å². The highest BCUT2D eigenvalue weighted by Gasteiger charge is 2.20. The average Bonchev–Trinajstić information content (AvgIpc) is 3.02. The van der Waals surface area contributed by atoms with E-state index < -0.39 is 32.5 Å². The van der Waals surface area contributed by atoms with Gasteiger partial charge in [0.2, 0.25) is 6.79 Å². The summed E-state index contributed by atoms with van der Waals surface area (Å²) in [4.78, 5) is 13.2. The fourth-order valence-electron chi connectivity index (χ4n) is 1.93. The van der Waals surface area contributed by atoms with E-state index in [1.807, 2.05) is 5.43 Å². The number of carbonyl (C=O) groups is 1. The van der Waals surface area contributed by atoms with E-state index in [2.05, 4.69) is 0 Å². The third-order valence-corrected chi connectivity index (χ3v) is 4.38. The quantitative estimate of drug-likeness (QED) is 0.806. The van der Waals surface area contributed by atoms with Crippen LogP contribution in [0.4, 0.5) is 8.78 Å². The van der Waals surface area contributed by atoms with Crippen molar-refractivity contribution < 1.29 is 31.5 Å². The second-order valence-electron chi connectivity index (χ2n) is 4.70. The molecule has 0 unspecified atom stereocenters. The number of amides is 1. The van der Waals surface area contributed by atoms with Crippen LogP contribution in [0.25, 0.3) is 0 Å². The molecule has 0 saturated heterocycles. The number of halogens is 2. The molecule has 3 rings (SSSR count). The van der Waals surface area contributed by atoms with Crippen LogP contribution in [-0.4, -0.2) is 21.1 Å². The lowest BCUT2D eigenvalue weighted by atomic mass is 10.2. The van der Waals surface area contributed by atoms with Gasteiger partial charge in [0.15, 0.2) is 23.1 Å². The van der Waals surface area contributed by atoms with Gasteiger partial charge in [-0.05, 0) is 36.4 Å². The zero-order valence-corrected chi connectivity index (χ0v) is 12.7. The molecule has 0 spiro atoms. The third kappa shape index (κ3) is 3.14. The SMILES string of the molecule is O=C(NNS(=O)(=O)c1ccc(F)c(F)c1)c1ccc2c(c1)OCO2. The lowest BCUT2D eigenvalue weighted by Crippen LogP contribution is -2.41. The molecule has 2 aromatic carbocycles. The Morgan fingerprint density at radius 2 is 1.75 bits per heavy atom. The van der Waals surface area contributed by atoms with Crippen molar-refractivity contribution in [1.82, 2.24) is 10.3 Å². The summed E-state index contributed by atoms with van der Waals surface area (Å²) in [7, 11) is -4.26. The number of sulfonamides is 1. The maximum absolute atomic E-state index is 13.1. The Labute approximate surface area is 135 Å². The predicted octanol–water partition coefficient (Wildman–Crippen LogP) is 1.32. The van der Waals surface area contributed by atoms with Gasteiger partial charge in [-0.2, -0.15) is 0 Å². The smallest absolute Gasteiger partial charge is 0.266 e. The first-order valence-electron chi connectivity index (χ1n) is 6.54. The van der Waals surface area contributed by atoms with Crippen LogP contribution in [0.15, 0.2) is 41.3 Å². The summed E-state index contributed by atoms with van der Waals surface area (Å²) in [6, 6.07) is 6.33. The highest BCUT2D eigenvalue weighted by atomic mass is 32.2. The van der Waals surface area contributed by atoms with Crippen LogP contribution in [-0.2, 0) is 10.0 Å². The van der Waals surface area contributed by atoms with Crippen molar-refractivity contribution in [2.75, 3.05) is 6.79 Å². The normalized spacial score (nSPS) is 12.9. The van der Waals surface area contributed by atoms with Crippen LogP contribution in [0.2, 0.25) is 0 Å². The molecule has 1 aliphatic heterocycles. The van der Waals surface area contributed by atoms with Gasteiger partial charge in [-0.25, -0.2) is 17.2 Å². The Morgan fingerprint density at radius 1 is 1.00 bits per heavy atom. The monoisotopic (exact) mass is 356 g/mol. The minimum absolute atomic E-state index is 0.0309. The first kappa shape index (κ1) is 16.1. The first-order valence-corrected chi connectivity index (χ1v) is 8.02. The van der Waals surface area contributed by atoms with Crippen LogP contribution in [0.3, 0.4) is 0 Å². The number of hydrogen-bond acceptors (Lipinski definition) is 5. The molecular weight excluding hydrogens is 346 g/mol. The molecular formula is C14H10F2N2O5S. The molecule has 126 valence electrons. The van der Waals surface area contributed by atoms with Crippen molar-refractivity contribution >= 4 is 15.9 Å². The van der Waals surface area contributed by atoms with E-state index in [9.17, 15) is 22.0 Å². The second kappa shape index (κ2) is 6.06. The number of rotatable bonds is 4. The predicted molar refractivity (Wildman–Crippen MR) is 76.7 cm³/mol. The molecule has 0 atom stereocenters. The summed E-state index contributed by atoms with van der Waals surface area (Å²) in [6.07, 6.45) is 0. The van der Waals surface area contributed by atoms with Crippen LogP contribution in [0.5, 0.6) is 11.5 Å². The van der Waals surface area contributed by atoms with Crippen molar-refractivity contribution in [1.29, 1.82) is 0 Å². The van der Waals surface area contributed by atoms with Gasteiger partial charge in [0.1, 0.15) is 0 Å². The van der Waals surface area contributed by atoms with E-state index in [-0.39, 0.29) is 12.4 Å². The van der Waals surface area contributed by atoms with Crippen molar-refractivity contribution in [3.8, 4) is 11.5 Å². The van der Waals surface area contributed by atoms with Crippen LogP contribution >= 0.6 is 0 Å². The molecule has 0 fully saturated rings. The van der Waals surface area contributed by atoms with Crippen molar-refractivity contribution in [3.05, 3.63) is 53.6 Å². The lowest BCUT2D eigenvalue weighted by molar-refractivity contribution is 0.0944. The number of nitrogens with one attached hydrogen (secondary N) is 2. The molecule has 0 aromatic heterocycles. The summed E-state index contributed by atoms with van der Waals surface area (Å²) < 4.78 is 60.1. The molecule has 1 amide bonds. The molecule has 2 aromatic rings. The van der Waals surface area contributed by atoms with Gasteiger partial charge in [0, 0.05) is 5.56 Å². The van der Waals surface area contributed by atoms with Gasteiger partial charge in [-0.1, -0.05) is 0 Å². The fraction of sp³-hybridized carbons (Fsp3) is 0.0714. The zero-order chi connectivity index (χ0) is 17.3. The number of fused-ring (bicyclic) bond motifs is 1. The number of benzene rings is 2. The summed E-state index contributed by atoms with van der Waals surface area (Å²) in [5.74, 6) is -2.45. The summed E-state index contributed by atoms with van der Waals surface area (Å²) in [5, 5.41) is 0. The molecule has 0 saturated carbocycles. The molecule has 10 heteroatoms. The molecule has 0 bridgehead atoms. The maximum Gasteiger partial charge on any atom is 0.266 e. The molecule has 7 nitrogen and oxygen atoms in total. The van der Waals surface area contributed by atoms with Crippen molar-refractivity contribution in [3.63, 3.8) is 0 Å². The number of ether oxygens (including phenoxy) is 2. The summed E-state index contributed by atoms with van der Waals surface area (Å²) in [6.45, 7) is 0.0309. The Balaban J connectivity index is 1.72. The van der Waals surface area contributed by atoms with Crippen molar-refractivity contribution in [2.45, 2.75) is 4.90 Å². The minimum atomic E-state index is -4.26. The highest BCUT2D eigenvalue weighted by Crippen LogP contribution is 2.32. The van der Waals surface area contributed by atoms with Crippen molar-refractivity contribution in [2.24, 2.45) is 0 Å². The Hall–Kier alpha value is -2.72. The van der Waals surface area contributed by atoms with Gasteiger partial charge in [0.05, 0.1) is 4.90 Å². The van der Waals surface area contributed by atoms with Gasteiger partial charge in [-0.15, -0.1) is 4.83 Å². The zero-order valence-electron chi connectivity index (χ0n) is 11.9. The lowest BCUT2D eigenvalue weighted by Gasteiger charge is -2.09. The molecule has 1 aliphatic rings. The number of carbonyl (C=O) groups excluding carboxylic acids is 1. The molecule has 0 aliphatic carbocycles. The van der Waals surface area contributed by atoms with Crippen LogP contribution in [0.1, 0.15) is 10.4 Å². The maximum atomic E-state index is 13.1. The van der Waals surface area contributed by atoms with Gasteiger partial charge in [-0.3, -0.25) is 10.2 Å².